The van der Waals surface area contributed by atoms with Crippen molar-refractivity contribution in [1.82, 2.24) is 20.1 Å². The van der Waals surface area contributed by atoms with E-state index in [1.807, 2.05) is 42.5 Å². The Balaban J connectivity index is 1.60. The summed E-state index contributed by atoms with van der Waals surface area (Å²) in [5, 5.41) is 2.94. The molecule has 4 rings (SSSR count). The van der Waals surface area contributed by atoms with Crippen LogP contribution in [0.5, 0.6) is 5.75 Å². The summed E-state index contributed by atoms with van der Waals surface area (Å²) in [6.45, 7) is 0.973. The lowest BCUT2D eigenvalue weighted by atomic mass is 9.95. The van der Waals surface area contributed by atoms with E-state index in [0.717, 1.165) is 17.0 Å². The minimum Gasteiger partial charge on any atom is -0.497 e. The average molecular weight is 378 g/mol. The fourth-order valence-electron chi connectivity index (χ4n) is 3.67. The second-order valence-electron chi connectivity index (χ2n) is 6.88. The van der Waals surface area contributed by atoms with Gasteiger partial charge < -0.3 is 15.0 Å². The minimum absolute atomic E-state index is 0.0504. The van der Waals surface area contributed by atoms with E-state index in [9.17, 15) is 9.59 Å². The number of aromatic nitrogens is 1. The molecule has 7 heteroatoms. The first-order valence-corrected chi connectivity index (χ1v) is 9.19. The van der Waals surface area contributed by atoms with E-state index in [-0.39, 0.29) is 11.9 Å². The second-order valence-corrected chi connectivity index (χ2v) is 6.88. The van der Waals surface area contributed by atoms with Gasteiger partial charge in [-0.15, -0.1) is 0 Å². The lowest BCUT2D eigenvalue weighted by Gasteiger charge is -2.31. The van der Waals surface area contributed by atoms with Crippen LogP contribution in [0.25, 0.3) is 0 Å². The molecule has 1 N–H and O–H groups in total. The molecule has 0 unspecified atom stereocenters. The van der Waals surface area contributed by atoms with Crippen molar-refractivity contribution >= 4 is 11.9 Å². The molecule has 3 heterocycles. The van der Waals surface area contributed by atoms with E-state index in [2.05, 4.69) is 10.3 Å². The standard InChI is InChI=1S/C21H22N4O3/c1-24-17-13-25(11-9-15-7-3-4-10-22-15)20(26)18(17)19(23-21(24)27)14-6-5-8-16(12-14)28-2/h3-8,10,12,19H,9,11,13H2,1-2H3,(H,23,27)/t19-/m1/s1. The van der Waals surface area contributed by atoms with Crippen LogP contribution in [0.3, 0.4) is 0 Å². The molecule has 7 nitrogen and oxygen atoms in total. The maximum atomic E-state index is 13.2. The number of benzene rings is 1. The molecule has 1 aromatic carbocycles. The molecule has 0 fully saturated rings. The van der Waals surface area contributed by atoms with Gasteiger partial charge in [0, 0.05) is 31.9 Å². The van der Waals surface area contributed by atoms with Crippen LogP contribution in [0, 0.1) is 0 Å². The summed E-state index contributed by atoms with van der Waals surface area (Å²) in [5.74, 6) is 0.635. The molecule has 2 aromatic rings. The molecule has 0 aliphatic carbocycles. The van der Waals surface area contributed by atoms with Crippen molar-refractivity contribution in [2.24, 2.45) is 0 Å². The molecule has 1 atom stereocenters. The second kappa shape index (κ2) is 7.34. The number of urea groups is 1. The van der Waals surface area contributed by atoms with Crippen molar-refractivity contribution in [2.45, 2.75) is 12.5 Å². The average Bonchev–Trinajstić information content (AvgIpc) is 3.06. The molecular formula is C21H22N4O3. The highest BCUT2D eigenvalue weighted by Gasteiger charge is 2.42. The zero-order chi connectivity index (χ0) is 19.7. The van der Waals surface area contributed by atoms with Gasteiger partial charge in [0.25, 0.3) is 5.91 Å². The van der Waals surface area contributed by atoms with Crippen molar-refractivity contribution in [3.63, 3.8) is 0 Å². The Kier molecular flexibility index (Phi) is 4.73. The van der Waals surface area contributed by atoms with Crippen LogP contribution in [0.2, 0.25) is 0 Å². The summed E-state index contributed by atoms with van der Waals surface area (Å²) in [4.78, 5) is 33.3. The van der Waals surface area contributed by atoms with Crippen LogP contribution >= 0.6 is 0 Å². The third-order valence-electron chi connectivity index (χ3n) is 5.23. The monoisotopic (exact) mass is 378 g/mol. The molecule has 0 radical (unpaired) electrons. The lowest BCUT2D eigenvalue weighted by molar-refractivity contribution is -0.125. The summed E-state index contributed by atoms with van der Waals surface area (Å²) < 4.78 is 5.30. The van der Waals surface area contributed by atoms with Gasteiger partial charge in [-0.05, 0) is 29.8 Å². The molecule has 0 saturated carbocycles. The number of pyridine rings is 1. The zero-order valence-electron chi connectivity index (χ0n) is 15.9. The van der Waals surface area contributed by atoms with E-state index in [4.69, 9.17) is 4.74 Å². The third kappa shape index (κ3) is 3.19. The Morgan fingerprint density at radius 2 is 2.07 bits per heavy atom. The van der Waals surface area contributed by atoms with Crippen LogP contribution in [0.15, 0.2) is 59.9 Å². The number of likely N-dealkylation sites (N-methyl/N-ethyl adjacent to an activating group) is 1. The molecule has 1 aromatic heterocycles. The maximum absolute atomic E-state index is 13.2. The van der Waals surface area contributed by atoms with Crippen LogP contribution in [0.4, 0.5) is 4.79 Å². The molecule has 0 bridgehead atoms. The molecule has 144 valence electrons. The van der Waals surface area contributed by atoms with E-state index < -0.39 is 6.04 Å². The van der Waals surface area contributed by atoms with Gasteiger partial charge in [0.15, 0.2) is 0 Å². The lowest BCUT2D eigenvalue weighted by Crippen LogP contribution is -2.45. The number of ether oxygens (including phenoxy) is 1. The van der Waals surface area contributed by atoms with Crippen LogP contribution in [-0.2, 0) is 11.2 Å². The van der Waals surface area contributed by atoms with Crippen LogP contribution in [-0.4, -0.2) is 54.0 Å². The van der Waals surface area contributed by atoms with Crippen LogP contribution in [0.1, 0.15) is 17.3 Å². The van der Waals surface area contributed by atoms with Crippen molar-refractivity contribution in [3.05, 3.63) is 71.2 Å². The van der Waals surface area contributed by atoms with Gasteiger partial charge in [0.05, 0.1) is 31.0 Å². The topological polar surface area (TPSA) is 74.8 Å². The van der Waals surface area contributed by atoms with Gasteiger partial charge in [0.1, 0.15) is 5.75 Å². The Morgan fingerprint density at radius 3 is 2.82 bits per heavy atom. The quantitative estimate of drug-likeness (QED) is 0.865. The fraction of sp³-hybridized carbons (Fsp3) is 0.286. The Morgan fingerprint density at radius 1 is 1.21 bits per heavy atom. The van der Waals surface area contributed by atoms with Gasteiger partial charge >= 0.3 is 6.03 Å². The molecule has 0 spiro atoms. The number of nitrogens with one attached hydrogen (secondary N) is 1. The van der Waals surface area contributed by atoms with Crippen molar-refractivity contribution in [1.29, 1.82) is 0 Å². The Bertz CT molecular complexity index is 942. The summed E-state index contributed by atoms with van der Waals surface area (Å²) in [6.07, 6.45) is 2.42. The van der Waals surface area contributed by atoms with Gasteiger partial charge in [-0.3, -0.25) is 14.7 Å². The molecule has 0 saturated heterocycles. The SMILES string of the molecule is COc1cccc([C@H]2NC(=O)N(C)C3=C2C(=O)N(CCc2ccccn2)C3)c1. The highest BCUT2D eigenvalue weighted by atomic mass is 16.5. The summed E-state index contributed by atoms with van der Waals surface area (Å²) in [6, 6.07) is 12.5. The van der Waals surface area contributed by atoms with E-state index in [1.54, 1.807) is 25.3 Å². The largest absolute Gasteiger partial charge is 0.497 e. The number of amides is 3. The molecule has 2 aliphatic heterocycles. The van der Waals surface area contributed by atoms with Crippen molar-refractivity contribution in [2.75, 3.05) is 27.2 Å². The van der Waals surface area contributed by atoms with Crippen molar-refractivity contribution in [3.8, 4) is 5.75 Å². The maximum Gasteiger partial charge on any atom is 0.322 e. The summed E-state index contributed by atoms with van der Waals surface area (Å²) in [5.41, 5.74) is 3.14. The molecule has 2 aliphatic rings. The van der Waals surface area contributed by atoms with E-state index in [1.165, 1.54) is 4.90 Å². The Labute approximate surface area is 163 Å². The van der Waals surface area contributed by atoms with Gasteiger partial charge in [-0.2, -0.15) is 0 Å². The molecule has 28 heavy (non-hydrogen) atoms. The smallest absolute Gasteiger partial charge is 0.322 e. The van der Waals surface area contributed by atoms with Crippen molar-refractivity contribution < 1.29 is 14.3 Å². The highest BCUT2D eigenvalue weighted by molar-refractivity contribution is 6.01. The number of rotatable bonds is 5. The number of nitrogens with zero attached hydrogens (tertiary/aromatic N) is 3. The summed E-state index contributed by atoms with van der Waals surface area (Å²) in [7, 11) is 3.29. The highest BCUT2D eigenvalue weighted by Crippen LogP contribution is 2.36. The van der Waals surface area contributed by atoms with Gasteiger partial charge in [0.2, 0.25) is 0 Å². The molecular weight excluding hydrogens is 356 g/mol. The van der Waals surface area contributed by atoms with Gasteiger partial charge in [-0.25, -0.2) is 4.79 Å². The fourth-order valence-corrected chi connectivity index (χ4v) is 3.67. The summed E-state index contributed by atoms with van der Waals surface area (Å²) >= 11 is 0. The molecule has 3 amide bonds. The normalized spacial score (nSPS) is 19.0. The predicted octanol–water partition coefficient (Wildman–Crippen LogP) is 2.13. The predicted molar refractivity (Wildman–Crippen MR) is 104 cm³/mol. The zero-order valence-corrected chi connectivity index (χ0v) is 15.9. The van der Waals surface area contributed by atoms with Crippen LogP contribution < -0.4 is 10.1 Å². The van der Waals surface area contributed by atoms with E-state index >= 15 is 0 Å². The Hall–Kier alpha value is -3.35. The first-order chi connectivity index (χ1) is 13.6. The number of carbonyl (C=O) groups excluding carboxylic acids is 2. The number of carbonyl (C=O) groups is 2. The minimum atomic E-state index is -0.485. The number of hydrogen-bond donors (Lipinski definition) is 1. The number of methoxy groups -OCH3 is 1. The first-order valence-electron chi connectivity index (χ1n) is 9.19. The third-order valence-corrected chi connectivity index (χ3v) is 5.23. The number of hydrogen-bond acceptors (Lipinski definition) is 4. The van der Waals surface area contributed by atoms with Gasteiger partial charge in [-0.1, -0.05) is 18.2 Å². The van der Waals surface area contributed by atoms with E-state index in [0.29, 0.717) is 30.8 Å². The first kappa shape index (κ1) is 18.0.